The molecule has 0 unspecified atom stereocenters. The summed E-state index contributed by atoms with van der Waals surface area (Å²) in [4.78, 5) is 22.3. The van der Waals surface area contributed by atoms with Gasteiger partial charge in [0.05, 0.1) is 17.2 Å². The van der Waals surface area contributed by atoms with Gasteiger partial charge >= 0.3 is 0 Å². The number of nitro benzene ring substituents is 1. The Morgan fingerprint density at radius 1 is 1.35 bits per heavy atom. The van der Waals surface area contributed by atoms with Crippen molar-refractivity contribution in [3.63, 3.8) is 0 Å². The Morgan fingerprint density at radius 2 is 2.10 bits per heavy atom. The number of hydrogen-bond acceptors (Lipinski definition) is 5. The summed E-state index contributed by atoms with van der Waals surface area (Å²) in [7, 11) is 1.61. The van der Waals surface area contributed by atoms with Gasteiger partial charge in [-0.2, -0.15) is 5.10 Å². The molecule has 0 radical (unpaired) electrons. The lowest BCUT2D eigenvalue weighted by molar-refractivity contribution is -0.384. The lowest BCUT2D eigenvalue weighted by Crippen LogP contribution is -2.23. The van der Waals surface area contributed by atoms with Gasteiger partial charge in [0.2, 0.25) is 0 Å². The van der Waals surface area contributed by atoms with Crippen molar-refractivity contribution < 1.29 is 4.92 Å². The second kappa shape index (κ2) is 5.52. The molecule has 0 spiro atoms. The van der Waals surface area contributed by atoms with Crippen LogP contribution in [0.1, 0.15) is 11.3 Å². The molecule has 104 valence electrons. The normalized spacial score (nSPS) is 10.3. The van der Waals surface area contributed by atoms with Crippen LogP contribution in [0.5, 0.6) is 0 Å². The minimum atomic E-state index is -0.457. The molecule has 0 saturated carbocycles. The molecule has 0 aliphatic heterocycles. The van der Waals surface area contributed by atoms with Crippen LogP contribution in [0.3, 0.4) is 0 Å². The summed E-state index contributed by atoms with van der Waals surface area (Å²) in [5, 5.41) is 17.9. The van der Waals surface area contributed by atoms with Gasteiger partial charge in [0.15, 0.2) is 0 Å². The van der Waals surface area contributed by atoms with Crippen molar-refractivity contribution in [2.75, 3.05) is 12.4 Å². The predicted molar refractivity (Wildman–Crippen MR) is 75.0 cm³/mol. The molecule has 0 saturated heterocycles. The predicted octanol–water partition coefficient (Wildman–Crippen LogP) is 1.55. The number of para-hydroxylation sites is 1. The van der Waals surface area contributed by atoms with Crippen LogP contribution in [0.15, 0.2) is 35.1 Å². The molecule has 0 atom stereocenters. The monoisotopic (exact) mass is 274 g/mol. The van der Waals surface area contributed by atoms with Gasteiger partial charge in [-0.25, -0.2) is 4.68 Å². The first-order chi connectivity index (χ1) is 9.52. The Kier molecular flexibility index (Phi) is 3.79. The molecule has 1 aromatic carbocycles. The fourth-order valence-corrected chi connectivity index (χ4v) is 1.98. The Labute approximate surface area is 115 Å². The highest BCUT2D eigenvalue weighted by molar-refractivity contribution is 5.66. The first-order valence-electron chi connectivity index (χ1n) is 6.01. The molecule has 7 heteroatoms. The molecule has 20 heavy (non-hydrogen) atoms. The number of benzene rings is 1. The van der Waals surface area contributed by atoms with E-state index < -0.39 is 4.92 Å². The topological polar surface area (TPSA) is 90.1 Å². The van der Waals surface area contributed by atoms with E-state index in [1.54, 1.807) is 32.2 Å². The van der Waals surface area contributed by atoms with Crippen LogP contribution in [0.25, 0.3) is 0 Å². The second-order valence-electron chi connectivity index (χ2n) is 4.29. The summed E-state index contributed by atoms with van der Waals surface area (Å²) in [5.74, 6) is 0. The molecule has 0 fully saturated rings. The molecule has 0 amide bonds. The summed E-state index contributed by atoms with van der Waals surface area (Å²) >= 11 is 0. The van der Waals surface area contributed by atoms with Crippen LogP contribution in [0, 0.1) is 17.0 Å². The number of hydrogen-bond donors (Lipinski definition) is 1. The Bertz CT molecular complexity index is 709. The SMILES string of the molecule is CNc1c(Cn2nc(C)ccc2=O)cccc1[N+](=O)[O-]. The average molecular weight is 274 g/mol. The molecule has 0 aliphatic rings. The largest absolute Gasteiger partial charge is 0.382 e. The zero-order valence-electron chi connectivity index (χ0n) is 11.2. The summed E-state index contributed by atoms with van der Waals surface area (Å²) in [6.07, 6.45) is 0. The van der Waals surface area contributed by atoms with Gasteiger partial charge in [-0.15, -0.1) is 0 Å². The highest BCUT2D eigenvalue weighted by atomic mass is 16.6. The fourth-order valence-electron chi connectivity index (χ4n) is 1.98. The molecule has 0 aliphatic carbocycles. The highest BCUT2D eigenvalue weighted by Crippen LogP contribution is 2.27. The number of nitro groups is 1. The molecule has 1 aromatic heterocycles. The maximum absolute atomic E-state index is 11.7. The third-order valence-corrected chi connectivity index (χ3v) is 2.90. The van der Waals surface area contributed by atoms with Gasteiger partial charge in [-0.1, -0.05) is 12.1 Å². The molecule has 1 N–H and O–H groups in total. The van der Waals surface area contributed by atoms with Gasteiger partial charge in [0.1, 0.15) is 5.69 Å². The Balaban J connectivity index is 2.48. The van der Waals surface area contributed by atoms with Crippen LogP contribution in [-0.2, 0) is 6.54 Å². The molecule has 0 bridgehead atoms. The summed E-state index contributed by atoms with van der Waals surface area (Å²) in [6, 6.07) is 7.80. The van der Waals surface area contributed by atoms with Gasteiger partial charge in [0, 0.05) is 24.7 Å². The van der Waals surface area contributed by atoms with Crippen molar-refractivity contribution in [1.82, 2.24) is 9.78 Å². The molecule has 1 heterocycles. The zero-order valence-corrected chi connectivity index (χ0v) is 11.2. The highest BCUT2D eigenvalue weighted by Gasteiger charge is 2.16. The summed E-state index contributed by atoms with van der Waals surface area (Å²) in [6.45, 7) is 1.96. The van der Waals surface area contributed by atoms with Crippen LogP contribution < -0.4 is 10.9 Å². The number of rotatable bonds is 4. The quantitative estimate of drug-likeness (QED) is 0.674. The zero-order chi connectivity index (χ0) is 14.7. The first-order valence-corrected chi connectivity index (χ1v) is 6.01. The van der Waals surface area contributed by atoms with E-state index >= 15 is 0 Å². The minimum Gasteiger partial charge on any atom is -0.382 e. The number of anilines is 1. The standard InChI is InChI=1S/C13H14N4O3/c1-9-6-7-12(18)16(15-9)8-10-4-3-5-11(17(19)20)13(10)14-2/h3-7,14H,8H2,1-2H3. The van der Waals surface area contributed by atoms with E-state index in [9.17, 15) is 14.9 Å². The third-order valence-electron chi connectivity index (χ3n) is 2.90. The van der Waals surface area contributed by atoms with E-state index in [4.69, 9.17) is 0 Å². The van der Waals surface area contributed by atoms with Crippen LogP contribution >= 0.6 is 0 Å². The van der Waals surface area contributed by atoms with E-state index in [0.717, 1.165) is 0 Å². The maximum Gasteiger partial charge on any atom is 0.292 e. The van der Waals surface area contributed by atoms with Crippen molar-refractivity contribution in [2.45, 2.75) is 13.5 Å². The van der Waals surface area contributed by atoms with Crippen molar-refractivity contribution in [2.24, 2.45) is 0 Å². The van der Waals surface area contributed by atoms with Crippen LogP contribution in [0.4, 0.5) is 11.4 Å². The van der Waals surface area contributed by atoms with E-state index in [0.29, 0.717) is 16.9 Å². The Morgan fingerprint density at radius 3 is 2.75 bits per heavy atom. The van der Waals surface area contributed by atoms with Gasteiger partial charge in [-0.05, 0) is 13.0 Å². The van der Waals surface area contributed by atoms with Crippen molar-refractivity contribution in [3.8, 4) is 0 Å². The van der Waals surface area contributed by atoms with E-state index in [-0.39, 0.29) is 17.8 Å². The fraction of sp³-hybridized carbons (Fsp3) is 0.231. The van der Waals surface area contributed by atoms with Crippen LogP contribution in [-0.4, -0.2) is 21.8 Å². The molecule has 7 nitrogen and oxygen atoms in total. The van der Waals surface area contributed by atoms with Gasteiger partial charge in [-0.3, -0.25) is 14.9 Å². The lowest BCUT2D eigenvalue weighted by atomic mass is 10.1. The first kappa shape index (κ1) is 13.7. The lowest BCUT2D eigenvalue weighted by Gasteiger charge is -2.10. The van der Waals surface area contributed by atoms with E-state index in [1.165, 1.54) is 16.8 Å². The van der Waals surface area contributed by atoms with Crippen molar-refractivity contribution in [1.29, 1.82) is 0 Å². The summed E-state index contributed by atoms with van der Waals surface area (Å²) < 4.78 is 1.29. The van der Waals surface area contributed by atoms with E-state index in [1.807, 2.05) is 0 Å². The number of aryl methyl sites for hydroxylation is 1. The molecular weight excluding hydrogens is 260 g/mol. The smallest absolute Gasteiger partial charge is 0.292 e. The van der Waals surface area contributed by atoms with Gasteiger partial charge in [0.25, 0.3) is 11.2 Å². The summed E-state index contributed by atoms with van der Waals surface area (Å²) in [5.41, 5.74) is 1.48. The molecular formula is C13H14N4O3. The number of nitrogens with zero attached hydrogens (tertiary/aromatic N) is 3. The molecule has 2 aromatic rings. The number of nitrogens with one attached hydrogen (secondary N) is 1. The third kappa shape index (κ3) is 2.66. The molecule has 2 rings (SSSR count). The van der Waals surface area contributed by atoms with Crippen molar-refractivity contribution >= 4 is 11.4 Å². The average Bonchev–Trinajstić information content (AvgIpc) is 2.42. The van der Waals surface area contributed by atoms with Gasteiger partial charge < -0.3 is 5.32 Å². The van der Waals surface area contributed by atoms with E-state index in [2.05, 4.69) is 10.4 Å². The Hall–Kier alpha value is -2.70. The minimum absolute atomic E-state index is 0.0225. The van der Waals surface area contributed by atoms with Crippen LogP contribution in [0.2, 0.25) is 0 Å². The maximum atomic E-state index is 11.7. The van der Waals surface area contributed by atoms with Crippen molar-refractivity contribution in [3.05, 3.63) is 62.1 Å². The number of aromatic nitrogens is 2. The second-order valence-corrected chi connectivity index (χ2v) is 4.29.